The van der Waals surface area contributed by atoms with E-state index in [1.165, 1.54) is 77.6 Å². The summed E-state index contributed by atoms with van der Waals surface area (Å²) in [5.74, 6) is -2.67. The van der Waals surface area contributed by atoms with Crippen LogP contribution in [0.4, 0.5) is 0 Å². The second kappa shape index (κ2) is 15.8. The Morgan fingerprint density at radius 1 is 0.750 bits per heavy atom. The van der Waals surface area contributed by atoms with Crippen LogP contribution in [0.1, 0.15) is 110 Å². The van der Waals surface area contributed by atoms with Crippen LogP contribution in [0.25, 0.3) is 0 Å². The predicted octanol–water partition coefficient (Wildman–Crippen LogP) is 5.68. The van der Waals surface area contributed by atoms with E-state index in [1.54, 1.807) is 0 Å². The molecule has 0 heterocycles. The summed E-state index contributed by atoms with van der Waals surface area (Å²) in [5, 5.41) is 18.8. The van der Waals surface area contributed by atoms with Crippen LogP contribution in [0, 0.1) is 0 Å². The summed E-state index contributed by atoms with van der Waals surface area (Å²) in [4.78, 5) is 11.0. The maximum absolute atomic E-state index is 11.0. The number of aliphatic hydroxyl groups is 2. The maximum atomic E-state index is 11.0. The molecule has 0 aromatic heterocycles. The van der Waals surface area contributed by atoms with Gasteiger partial charge in [0.15, 0.2) is 5.78 Å². The molecule has 3 heteroatoms. The molecule has 0 saturated carbocycles. The Bertz CT molecular complexity index is 321. The van der Waals surface area contributed by atoms with E-state index in [0.29, 0.717) is 6.42 Å². The Kier molecular flexibility index (Phi) is 15.4. The number of unbranched alkanes of at least 4 members (excludes halogenated alkanes) is 12. The van der Waals surface area contributed by atoms with E-state index in [9.17, 15) is 15.0 Å². The van der Waals surface area contributed by atoms with Gasteiger partial charge in [0.2, 0.25) is 5.79 Å². The number of Topliss-reactive ketones (excluding diaryl/α,β-unsaturated/α-hetero) is 1. The lowest BCUT2D eigenvalue weighted by Crippen LogP contribution is -2.36. The van der Waals surface area contributed by atoms with E-state index in [1.807, 2.05) is 0 Å². The van der Waals surface area contributed by atoms with Gasteiger partial charge in [0.25, 0.3) is 0 Å². The summed E-state index contributed by atoms with van der Waals surface area (Å²) < 4.78 is 0. The number of hydrogen-bond acceptors (Lipinski definition) is 3. The first-order valence-electron chi connectivity index (χ1n) is 10.1. The van der Waals surface area contributed by atoms with Crippen LogP contribution in [0.5, 0.6) is 0 Å². The third kappa shape index (κ3) is 14.9. The third-order valence-corrected chi connectivity index (χ3v) is 4.60. The molecule has 0 spiro atoms. The van der Waals surface area contributed by atoms with E-state index in [-0.39, 0.29) is 6.42 Å². The summed E-state index contributed by atoms with van der Waals surface area (Å²) in [6.07, 6.45) is 21.8. The van der Waals surface area contributed by atoms with Gasteiger partial charge in [-0.25, -0.2) is 0 Å². The van der Waals surface area contributed by atoms with Crippen molar-refractivity contribution in [3.63, 3.8) is 0 Å². The largest absolute Gasteiger partial charge is 0.360 e. The van der Waals surface area contributed by atoms with Crippen molar-refractivity contribution in [1.29, 1.82) is 0 Å². The van der Waals surface area contributed by atoms with Gasteiger partial charge in [0, 0.05) is 13.3 Å². The molecule has 0 aliphatic heterocycles. The van der Waals surface area contributed by atoms with Gasteiger partial charge in [-0.15, -0.1) is 0 Å². The van der Waals surface area contributed by atoms with E-state index in [2.05, 4.69) is 19.1 Å². The highest BCUT2D eigenvalue weighted by Crippen LogP contribution is 2.15. The van der Waals surface area contributed by atoms with Crippen molar-refractivity contribution in [3.05, 3.63) is 12.2 Å². The molecule has 0 radical (unpaired) electrons. The topological polar surface area (TPSA) is 57.5 Å². The fraction of sp³-hybridized carbons (Fsp3) is 0.857. The molecule has 0 aliphatic carbocycles. The molecule has 0 aromatic rings. The highest BCUT2D eigenvalue weighted by Gasteiger charge is 2.27. The average molecular weight is 341 g/mol. The molecule has 0 bridgehead atoms. The van der Waals surface area contributed by atoms with Crippen LogP contribution >= 0.6 is 0 Å². The van der Waals surface area contributed by atoms with Crippen molar-refractivity contribution in [2.75, 3.05) is 0 Å². The molecule has 0 aliphatic rings. The SMILES string of the molecule is CCCCCCCCC=CCCCCCCCCC(O)(O)C(C)=O. The fourth-order valence-corrected chi connectivity index (χ4v) is 2.80. The van der Waals surface area contributed by atoms with E-state index >= 15 is 0 Å². The minimum absolute atomic E-state index is 0.156. The third-order valence-electron chi connectivity index (χ3n) is 4.60. The highest BCUT2D eigenvalue weighted by molar-refractivity contribution is 5.82. The van der Waals surface area contributed by atoms with Crippen LogP contribution < -0.4 is 0 Å². The van der Waals surface area contributed by atoms with Gasteiger partial charge in [-0.2, -0.15) is 0 Å². The van der Waals surface area contributed by atoms with Crippen molar-refractivity contribution < 1.29 is 15.0 Å². The molecular formula is C21H40O3. The maximum Gasteiger partial charge on any atom is 0.223 e. The lowest BCUT2D eigenvalue weighted by Gasteiger charge is -2.17. The number of carbonyl (C=O) groups is 1. The summed E-state index contributed by atoms with van der Waals surface area (Å²) in [6.45, 7) is 3.48. The summed E-state index contributed by atoms with van der Waals surface area (Å²) in [6, 6.07) is 0. The van der Waals surface area contributed by atoms with Gasteiger partial charge < -0.3 is 10.2 Å². The first kappa shape index (κ1) is 23.3. The molecule has 0 amide bonds. The molecule has 3 nitrogen and oxygen atoms in total. The zero-order chi connectivity index (χ0) is 18.1. The standard InChI is InChI=1S/C21H40O3/c1-3-4-5-6-7-8-9-10-11-12-13-14-15-16-17-18-19-21(23,24)20(2)22/h10-11,23-24H,3-9,12-19H2,1-2H3. The Morgan fingerprint density at radius 2 is 1.17 bits per heavy atom. The Labute approximate surface area is 149 Å². The van der Waals surface area contributed by atoms with Gasteiger partial charge >= 0.3 is 0 Å². The van der Waals surface area contributed by atoms with Crippen molar-refractivity contribution in [3.8, 4) is 0 Å². The van der Waals surface area contributed by atoms with Crippen molar-refractivity contribution in [1.82, 2.24) is 0 Å². The van der Waals surface area contributed by atoms with Crippen LogP contribution in [0.15, 0.2) is 12.2 Å². The second-order valence-corrected chi connectivity index (χ2v) is 7.06. The molecule has 2 N–H and O–H groups in total. The Hall–Kier alpha value is -0.670. The second-order valence-electron chi connectivity index (χ2n) is 7.06. The van der Waals surface area contributed by atoms with E-state index in [4.69, 9.17) is 0 Å². The monoisotopic (exact) mass is 340 g/mol. The van der Waals surface area contributed by atoms with Gasteiger partial charge in [0.05, 0.1) is 0 Å². The lowest BCUT2D eigenvalue weighted by molar-refractivity contribution is -0.183. The molecule has 0 unspecified atom stereocenters. The normalized spacial score (nSPS) is 12.2. The molecule has 24 heavy (non-hydrogen) atoms. The first-order valence-corrected chi connectivity index (χ1v) is 10.1. The van der Waals surface area contributed by atoms with E-state index in [0.717, 1.165) is 12.8 Å². The van der Waals surface area contributed by atoms with Gasteiger partial charge in [-0.3, -0.25) is 4.79 Å². The van der Waals surface area contributed by atoms with Gasteiger partial charge in [0.1, 0.15) is 0 Å². The van der Waals surface area contributed by atoms with Crippen molar-refractivity contribution in [2.24, 2.45) is 0 Å². The number of rotatable bonds is 17. The van der Waals surface area contributed by atoms with Crippen LogP contribution in [-0.2, 0) is 4.79 Å². The molecule has 0 atom stereocenters. The van der Waals surface area contributed by atoms with Crippen LogP contribution in [-0.4, -0.2) is 21.8 Å². The molecule has 0 fully saturated rings. The fourth-order valence-electron chi connectivity index (χ4n) is 2.80. The summed E-state index contributed by atoms with van der Waals surface area (Å²) >= 11 is 0. The number of allylic oxidation sites excluding steroid dienone is 2. The zero-order valence-electron chi connectivity index (χ0n) is 16.1. The highest BCUT2D eigenvalue weighted by atomic mass is 16.5. The quantitative estimate of drug-likeness (QED) is 0.203. The predicted molar refractivity (Wildman–Crippen MR) is 102 cm³/mol. The molecule has 0 rings (SSSR count). The van der Waals surface area contributed by atoms with E-state index < -0.39 is 11.6 Å². The molecule has 0 saturated heterocycles. The number of hydrogen-bond donors (Lipinski definition) is 2. The smallest absolute Gasteiger partial charge is 0.223 e. The Morgan fingerprint density at radius 3 is 1.62 bits per heavy atom. The zero-order valence-corrected chi connectivity index (χ0v) is 16.1. The minimum Gasteiger partial charge on any atom is -0.360 e. The van der Waals surface area contributed by atoms with Crippen LogP contribution in [0.3, 0.4) is 0 Å². The molecule has 142 valence electrons. The van der Waals surface area contributed by atoms with Gasteiger partial charge in [-0.1, -0.05) is 76.9 Å². The summed E-state index contributed by atoms with van der Waals surface area (Å²) in [7, 11) is 0. The van der Waals surface area contributed by atoms with Crippen molar-refractivity contribution >= 4 is 5.78 Å². The summed E-state index contributed by atoms with van der Waals surface area (Å²) in [5.41, 5.74) is 0. The number of ketones is 1. The van der Waals surface area contributed by atoms with Crippen molar-refractivity contribution in [2.45, 2.75) is 116 Å². The molecule has 0 aromatic carbocycles. The lowest BCUT2D eigenvalue weighted by atomic mass is 10.0. The minimum atomic E-state index is -2.11. The van der Waals surface area contributed by atoms with Crippen LogP contribution in [0.2, 0.25) is 0 Å². The number of carbonyl (C=O) groups excluding carboxylic acids is 1. The average Bonchev–Trinajstić information content (AvgIpc) is 2.54. The molecular weight excluding hydrogens is 300 g/mol. The Balaban J connectivity index is 3.25. The van der Waals surface area contributed by atoms with Gasteiger partial charge in [-0.05, 0) is 32.1 Å². The first-order chi connectivity index (χ1) is 11.5.